The van der Waals surface area contributed by atoms with Crippen molar-refractivity contribution in [2.24, 2.45) is 0 Å². The van der Waals surface area contributed by atoms with Crippen molar-refractivity contribution in [2.75, 3.05) is 26.9 Å². The van der Waals surface area contributed by atoms with Gasteiger partial charge in [-0.2, -0.15) is 0 Å². The summed E-state index contributed by atoms with van der Waals surface area (Å²) >= 11 is 0. The normalized spacial score (nSPS) is 15.5. The molecule has 17 heavy (non-hydrogen) atoms. The van der Waals surface area contributed by atoms with Crippen LogP contribution in [0.15, 0.2) is 6.07 Å². The fourth-order valence-electron chi connectivity index (χ4n) is 1.91. The lowest BCUT2D eigenvalue weighted by molar-refractivity contribution is 0.164. The van der Waals surface area contributed by atoms with Crippen molar-refractivity contribution in [1.82, 2.24) is 0 Å². The van der Waals surface area contributed by atoms with Gasteiger partial charge in [-0.3, -0.25) is 0 Å². The minimum absolute atomic E-state index is 0.107. The van der Waals surface area contributed by atoms with Gasteiger partial charge in [-0.25, -0.2) is 4.39 Å². The Labute approximate surface area is 98.9 Å². The van der Waals surface area contributed by atoms with Crippen LogP contribution in [0.5, 0.6) is 17.2 Å². The first-order valence-electron chi connectivity index (χ1n) is 5.45. The highest BCUT2D eigenvalue weighted by Gasteiger charge is 2.27. The van der Waals surface area contributed by atoms with Gasteiger partial charge < -0.3 is 19.3 Å². The summed E-state index contributed by atoms with van der Waals surface area (Å²) in [5, 5.41) is 9.23. The lowest BCUT2D eigenvalue weighted by Crippen LogP contribution is -2.18. The minimum atomic E-state index is -0.507. The first kappa shape index (κ1) is 12.0. The van der Waals surface area contributed by atoms with E-state index in [0.29, 0.717) is 30.3 Å². The van der Waals surface area contributed by atoms with Gasteiger partial charge in [-0.05, 0) is 0 Å². The molecule has 0 fully saturated rings. The number of methoxy groups -OCH3 is 1. The summed E-state index contributed by atoms with van der Waals surface area (Å²) in [6, 6.07) is 1.25. The van der Waals surface area contributed by atoms with E-state index in [-0.39, 0.29) is 18.3 Å². The van der Waals surface area contributed by atoms with Gasteiger partial charge in [-0.1, -0.05) is 6.92 Å². The first-order valence-corrected chi connectivity index (χ1v) is 5.45. The molecule has 94 valence electrons. The topological polar surface area (TPSA) is 47.9 Å². The number of rotatable bonds is 3. The predicted molar refractivity (Wildman–Crippen MR) is 59.4 cm³/mol. The Morgan fingerprint density at radius 2 is 2.18 bits per heavy atom. The molecule has 1 aromatic carbocycles. The van der Waals surface area contributed by atoms with Crippen LogP contribution in [-0.2, 0) is 0 Å². The van der Waals surface area contributed by atoms with Crippen LogP contribution in [0.2, 0.25) is 0 Å². The molecule has 0 radical (unpaired) electrons. The van der Waals surface area contributed by atoms with E-state index in [9.17, 15) is 9.50 Å². The third-order valence-corrected chi connectivity index (χ3v) is 2.75. The zero-order chi connectivity index (χ0) is 12.4. The molecule has 1 aromatic rings. The molecule has 1 unspecified atom stereocenters. The lowest BCUT2D eigenvalue weighted by atomic mass is 9.98. The average molecular weight is 242 g/mol. The summed E-state index contributed by atoms with van der Waals surface area (Å²) in [4.78, 5) is 0. The number of benzene rings is 1. The maximum atomic E-state index is 13.8. The maximum Gasteiger partial charge on any atom is 0.169 e. The van der Waals surface area contributed by atoms with Crippen LogP contribution < -0.4 is 14.2 Å². The second kappa shape index (κ2) is 4.79. The summed E-state index contributed by atoms with van der Waals surface area (Å²) in [7, 11) is 1.39. The lowest BCUT2D eigenvalue weighted by Gasteiger charge is -2.25. The van der Waals surface area contributed by atoms with E-state index in [1.165, 1.54) is 13.2 Å². The van der Waals surface area contributed by atoms with E-state index in [1.54, 1.807) is 6.92 Å². The molecular weight excluding hydrogens is 227 g/mol. The molecule has 2 rings (SSSR count). The number of aliphatic hydroxyl groups is 1. The van der Waals surface area contributed by atoms with Gasteiger partial charge in [0.05, 0.1) is 7.11 Å². The van der Waals surface area contributed by atoms with Gasteiger partial charge in [0.1, 0.15) is 13.2 Å². The van der Waals surface area contributed by atoms with E-state index in [1.807, 2.05) is 0 Å². The molecule has 0 bridgehead atoms. The van der Waals surface area contributed by atoms with E-state index in [4.69, 9.17) is 14.2 Å². The molecule has 1 heterocycles. The summed E-state index contributed by atoms with van der Waals surface area (Å²) in [5.41, 5.74) is 0.518. The van der Waals surface area contributed by atoms with Crippen molar-refractivity contribution in [2.45, 2.75) is 12.8 Å². The molecule has 0 spiro atoms. The Bertz CT molecular complexity index is 419. The summed E-state index contributed by atoms with van der Waals surface area (Å²) in [6.07, 6.45) is 0. The molecule has 0 saturated heterocycles. The van der Waals surface area contributed by atoms with Gasteiger partial charge in [0, 0.05) is 24.2 Å². The Morgan fingerprint density at radius 3 is 2.82 bits per heavy atom. The average Bonchev–Trinajstić information content (AvgIpc) is 2.36. The van der Waals surface area contributed by atoms with Crippen LogP contribution >= 0.6 is 0 Å². The summed E-state index contributed by atoms with van der Waals surface area (Å²) in [6.45, 7) is 2.46. The zero-order valence-electron chi connectivity index (χ0n) is 9.83. The molecule has 1 N–H and O–H groups in total. The van der Waals surface area contributed by atoms with E-state index in [2.05, 4.69) is 0 Å². The SMILES string of the molecule is COc1c(F)cc2c(c1C(C)CO)OCCO2. The monoisotopic (exact) mass is 242 g/mol. The molecule has 4 nitrogen and oxygen atoms in total. The number of fused-ring (bicyclic) bond motifs is 1. The van der Waals surface area contributed by atoms with Crippen molar-refractivity contribution in [3.63, 3.8) is 0 Å². The third kappa shape index (κ3) is 2.02. The van der Waals surface area contributed by atoms with Crippen LogP contribution in [-0.4, -0.2) is 32.0 Å². The smallest absolute Gasteiger partial charge is 0.169 e. The van der Waals surface area contributed by atoms with Gasteiger partial charge >= 0.3 is 0 Å². The van der Waals surface area contributed by atoms with Crippen LogP contribution in [0, 0.1) is 5.82 Å². The molecule has 0 amide bonds. The molecule has 1 aliphatic heterocycles. The largest absolute Gasteiger partial charge is 0.493 e. The highest BCUT2D eigenvalue weighted by Crippen LogP contribution is 2.44. The Hall–Kier alpha value is -1.49. The van der Waals surface area contributed by atoms with Crippen LogP contribution in [0.4, 0.5) is 4.39 Å². The van der Waals surface area contributed by atoms with Crippen LogP contribution in [0.25, 0.3) is 0 Å². The fourth-order valence-corrected chi connectivity index (χ4v) is 1.91. The number of aliphatic hydroxyl groups excluding tert-OH is 1. The molecule has 0 aromatic heterocycles. The Kier molecular flexibility index (Phi) is 3.38. The van der Waals surface area contributed by atoms with Crippen LogP contribution in [0.3, 0.4) is 0 Å². The molecule has 1 atom stereocenters. The highest BCUT2D eigenvalue weighted by atomic mass is 19.1. The third-order valence-electron chi connectivity index (χ3n) is 2.75. The standard InChI is InChI=1S/C12H15FO4/c1-7(6-14)10-11(15-2)8(13)5-9-12(10)17-4-3-16-9/h5,7,14H,3-4,6H2,1-2H3. The van der Waals surface area contributed by atoms with Crippen molar-refractivity contribution in [1.29, 1.82) is 0 Å². The van der Waals surface area contributed by atoms with Crippen molar-refractivity contribution >= 4 is 0 Å². The van der Waals surface area contributed by atoms with Gasteiger partial charge in [-0.15, -0.1) is 0 Å². The van der Waals surface area contributed by atoms with Crippen molar-refractivity contribution in [3.8, 4) is 17.2 Å². The van der Waals surface area contributed by atoms with Gasteiger partial charge in [0.15, 0.2) is 23.1 Å². The van der Waals surface area contributed by atoms with Crippen LogP contribution in [0.1, 0.15) is 18.4 Å². The van der Waals surface area contributed by atoms with Gasteiger partial charge in [0.25, 0.3) is 0 Å². The van der Waals surface area contributed by atoms with E-state index >= 15 is 0 Å². The number of hydrogen-bond donors (Lipinski definition) is 1. The number of ether oxygens (including phenoxy) is 3. The highest BCUT2D eigenvalue weighted by molar-refractivity contribution is 5.56. The number of halogens is 1. The van der Waals surface area contributed by atoms with E-state index < -0.39 is 5.82 Å². The summed E-state index contributed by atoms with van der Waals surface area (Å²) in [5.74, 6) is 0.153. The Balaban J connectivity index is 2.61. The quantitative estimate of drug-likeness (QED) is 0.876. The zero-order valence-corrected chi connectivity index (χ0v) is 9.83. The Morgan fingerprint density at radius 1 is 1.47 bits per heavy atom. The summed E-state index contributed by atoms with van der Waals surface area (Å²) < 4.78 is 29.7. The maximum absolute atomic E-state index is 13.8. The molecule has 5 heteroatoms. The van der Waals surface area contributed by atoms with Gasteiger partial charge in [0.2, 0.25) is 0 Å². The van der Waals surface area contributed by atoms with E-state index in [0.717, 1.165) is 0 Å². The number of hydrogen-bond acceptors (Lipinski definition) is 4. The van der Waals surface area contributed by atoms with Crippen molar-refractivity contribution < 1.29 is 23.7 Å². The minimum Gasteiger partial charge on any atom is -0.493 e. The first-order chi connectivity index (χ1) is 8.19. The molecule has 0 saturated carbocycles. The second-order valence-corrected chi connectivity index (χ2v) is 3.91. The van der Waals surface area contributed by atoms with Crippen molar-refractivity contribution in [3.05, 3.63) is 17.4 Å². The molecule has 0 aliphatic carbocycles. The predicted octanol–water partition coefficient (Wildman–Crippen LogP) is 1.70. The fraction of sp³-hybridized carbons (Fsp3) is 0.500. The molecular formula is C12H15FO4. The molecule has 1 aliphatic rings. The second-order valence-electron chi connectivity index (χ2n) is 3.91.